The molecule has 0 unspecified atom stereocenters. The zero-order valence-corrected chi connectivity index (χ0v) is 19.6. The third kappa shape index (κ3) is 5.65. The number of hydrogen-bond acceptors (Lipinski definition) is 5. The SMILES string of the molecule is O=C1CN(C(=O)[C@@H]2C[C@H]2c2ccccc2)C[C@@H](OCc2cccnc2)CN1CC1CCOCC1. The maximum Gasteiger partial charge on any atom is 0.242 e. The Labute approximate surface area is 201 Å². The lowest BCUT2D eigenvalue weighted by Crippen LogP contribution is -2.42. The molecule has 3 aliphatic rings. The summed E-state index contributed by atoms with van der Waals surface area (Å²) in [5.74, 6) is 0.732. The van der Waals surface area contributed by atoms with Crippen LogP contribution in [0, 0.1) is 11.8 Å². The quantitative estimate of drug-likeness (QED) is 0.632. The van der Waals surface area contributed by atoms with Crippen LogP contribution < -0.4 is 0 Å². The first-order chi connectivity index (χ1) is 16.7. The van der Waals surface area contributed by atoms with E-state index in [1.54, 1.807) is 17.3 Å². The van der Waals surface area contributed by atoms with E-state index in [4.69, 9.17) is 9.47 Å². The van der Waals surface area contributed by atoms with Crippen LogP contribution >= 0.6 is 0 Å². The molecule has 2 saturated heterocycles. The number of amides is 2. The molecule has 1 saturated carbocycles. The van der Waals surface area contributed by atoms with E-state index in [-0.39, 0.29) is 36.3 Å². The molecule has 3 fully saturated rings. The Bertz CT molecular complexity index is 964. The van der Waals surface area contributed by atoms with E-state index in [1.807, 2.05) is 35.2 Å². The van der Waals surface area contributed by atoms with Crippen LogP contribution in [0.3, 0.4) is 0 Å². The van der Waals surface area contributed by atoms with Gasteiger partial charge in [0.05, 0.1) is 19.3 Å². The molecule has 34 heavy (non-hydrogen) atoms. The van der Waals surface area contributed by atoms with Crippen molar-refractivity contribution in [3.63, 3.8) is 0 Å². The lowest BCUT2D eigenvalue weighted by molar-refractivity contribution is -0.140. The van der Waals surface area contributed by atoms with E-state index in [2.05, 4.69) is 17.1 Å². The summed E-state index contributed by atoms with van der Waals surface area (Å²) in [7, 11) is 0. The van der Waals surface area contributed by atoms with Crippen LogP contribution in [0.25, 0.3) is 0 Å². The van der Waals surface area contributed by atoms with Crippen molar-refractivity contribution in [2.75, 3.05) is 39.4 Å². The van der Waals surface area contributed by atoms with Crippen molar-refractivity contribution in [2.45, 2.75) is 37.9 Å². The molecule has 0 N–H and O–H groups in total. The van der Waals surface area contributed by atoms with Gasteiger partial charge in [0.15, 0.2) is 0 Å². The third-order valence-corrected chi connectivity index (χ3v) is 7.20. The highest BCUT2D eigenvalue weighted by Crippen LogP contribution is 2.48. The highest BCUT2D eigenvalue weighted by atomic mass is 16.5. The standard InChI is InChI=1S/C27H33N3O4/c31-26-18-30(27(32)25-13-24(25)22-6-2-1-3-7-22)17-23(34-19-21-5-4-10-28-14-21)16-29(26)15-20-8-11-33-12-9-20/h1-7,10,14,20,23-25H,8-9,11-13,15-19H2/t23-,24-,25+/m0/s1. The predicted molar refractivity (Wildman–Crippen MR) is 127 cm³/mol. The molecule has 0 radical (unpaired) electrons. The van der Waals surface area contributed by atoms with E-state index in [0.29, 0.717) is 32.2 Å². The molecule has 1 aromatic carbocycles. The van der Waals surface area contributed by atoms with Crippen LogP contribution in [0.1, 0.15) is 36.3 Å². The summed E-state index contributed by atoms with van der Waals surface area (Å²) in [6.45, 7) is 3.69. The van der Waals surface area contributed by atoms with Crippen LogP contribution in [-0.4, -0.2) is 72.1 Å². The van der Waals surface area contributed by atoms with E-state index in [9.17, 15) is 9.59 Å². The number of aromatic nitrogens is 1. The van der Waals surface area contributed by atoms with Crippen LogP contribution in [-0.2, 0) is 25.7 Å². The summed E-state index contributed by atoms with van der Waals surface area (Å²) in [6.07, 6.45) is 6.08. The van der Waals surface area contributed by atoms with Gasteiger partial charge in [-0.1, -0.05) is 36.4 Å². The molecule has 2 aromatic rings. The molecule has 180 valence electrons. The number of carbonyl (C=O) groups excluding carboxylic acids is 2. The van der Waals surface area contributed by atoms with Gasteiger partial charge >= 0.3 is 0 Å². The van der Waals surface area contributed by atoms with Crippen molar-refractivity contribution in [2.24, 2.45) is 11.8 Å². The lowest BCUT2D eigenvalue weighted by atomic mass is 9.99. The fourth-order valence-electron chi connectivity index (χ4n) is 5.14. The molecule has 7 nitrogen and oxygen atoms in total. The number of rotatable bonds is 7. The molecular weight excluding hydrogens is 430 g/mol. The number of nitrogens with zero attached hydrogens (tertiary/aromatic N) is 3. The monoisotopic (exact) mass is 463 g/mol. The van der Waals surface area contributed by atoms with Gasteiger partial charge in [-0.2, -0.15) is 0 Å². The molecule has 2 amide bonds. The zero-order valence-electron chi connectivity index (χ0n) is 19.6. The Morgan fingerprint density at radius 1 is 1.09 bits per heavy atom. The fraction of sp³-hybridized carbons (Fsp3) is 0.519. The molecule has 7 heteroatoms. The van der Waals surface area contributed by atoms with E-state index >= 15 is 0 Å². The van der Waals surface area contributed by atoms with Gasteiger partial charge in [-0.05, 0) is 48.3 Å². The Balaban J connectivity index is 1.27. The largest absolute Gasteiger partial charge is 0.381 e. The lowest BCUT2D eigenvalue weighted by Gasteiger charge is -2.30. The van der Waals surface area contributed by atoms with Crippen molar-refractivity contribution >= 4 is 11.8 Å². The van der Waals surface area contributed by atoms with Gasteiger partial charge in [0.2, 0.25) is 11.8 Å². The zero-order chi connectivity index (χ0) is 23.3. The van der Waals surface area contributed by atoms with Crippen LogP contribution in [0.15, 0.2) is 54.9 Å². The predicted octanol–water partition coefficient (Wildman–Crippen LogP) is 2.87. The molecule has 3 heterocycles. The number of carbonyl (C=O) groups is 2. The number of benzene rings is 1. The normalized spacial score (nSPS) is 25.8. The Hall–Kier alpha value is -2.77. The minimum atomic E-state index is -0.232. The van der Waals surface area contributed by atoms with E-state index in [1.165, 1.54) is 5.56 Å². The van der Waals surface area contributed by atoms with Crippen LogP contribution in [0.4, 0.5) is 0 Å². The second-order valence-corrected chi connectivity index (χ2v) is 9.73. The van der Waals surface area contributed by atoms with Crippen molar-refractivity contribution in [3.8, 4) is 0 Å². The van der Waals surface area contributed by atoms with Crippen molar-refractivity contribution in [1.82, 2.24) is 14.8 Å². The van der Waals surface area contributed by atoms with E-state index in [0.717, 1.165) is 38.0 Å². The summed E-state index contributed by atoms with van der Waals surface area (Å²) in [5.41, 5.74) is 2.19. The summed E-state index contributed by atoms with van der Waals surface area (Å²) in [5, 5.41) is 0. The van der Waals surface area contributed by atoms with Gasteiger partial charge in [0.25, 0.3) is 0 Å². The van der Waals surface area contributed by atoms with E-state index < -0.39 is 0 Å². The number of hydrogen-bond donors (Lipinski definition) is 0. The maximum atomic E-state index is 13.4. The molecule has 1 aromatic heterocycles. The summed E-state index contributed by atoms with van der Waals surface area (Å²) in [6, 6.07) is 14.1. The summed E-state index contributed by atoms with van der Waals surface area (Å²) >= 11 is 0. The first kappa shape index (κ1) is 23.0. The molecule has 2 aliphatic heterocycles. The highest BCUT2D eigenvalue weighted by Gasteiger charge is 2.47. The minimum Gasteiger partial charge on any atom is -0.381 e. The third-order valence-electron chi connectivity index (χ3n) is 7.20. The minimum absolute atomic E-state index is 0.0178. The number of ether oxygens (including phenoxy) is 2. The molecule has 0 spiro atoms. The molecular formula is C27H33N3O4. The van der Waals surface area contributed by atoms with Crippen molar-refractivity contribution in [3.05, 3.63) is 66.0 Å². The average Bonchev–Trinajstić information content (AvgIpc) is 3.70. The molecule has 0 bridgehead atoms. The van der Waals surface area contributed by atoms with Crippen LogP contribution in [0.5, 0.6) is 0 Å². The summed E-state index contributed by atoms with van der Waals surface area (Å²) in [4.78, 5) is 34.5. The Morgan fingerprint density at radius 2 is 1.91 bits per heavy atom. The van der Waals surface area contributed by atoms with Crippen molar-refractivity contribution in [1.29, 1.82) is 0 Å². The second-order valence-electron chi connectivity index (χ2n) is 9.73. The maximum absolute atomic E-state index is 13.4. The van der Waals surface area contributed by atoms with Crippen LogP contribution in [0.2, 0.25) is 0 Å². The van der Waals surface area contributed by atoms with Gasteiger partial charge in [0.1, 0.15) is 0 Å². The molecule has 5 rings (SSSR count). The van der Waals surface area contributed by atoms with Crippen molar-refractivity contribution < 1.29 is 19.1 Å². The van der Waals surface area contributed by atoms with Gasteiger partial charge in [-0.3, -0.25) is 14.6 Å². The Morgan fingerprint density at radius 3 is 2.68 bits per heavy atom. The second kappa shape index (κ2) is 10.7. The highest BCUT2D eigenvalue weighted by molar-refractivity contribution is 5.88. The molecule has 1 aliphatic carbocycles. The average molecular weight is 464 g/mol. The van der Waals surface area contributed by atoms with Gasteiger partial charge in [-0.25, -0.2) is 0 Å². The summed E-state index contributed by atoms with van der Waals surface area (Å²) < 4.78 is 11.7. The smallest absolute Gasteiger partial charge is 0.242 e. The fourth-order valence-corrected chi connectivity index (χ4v) is 5.14. The topological polar surface area (TPSA) is 72.0 Å². The van der Waals surface area contributed by atoms with Gasteiger partial charge in [0, 0.05) is 51.2 Å². The molecule has 3 atom stereocenters. The number of pyridine rings is 1. The van der Waals surface area contributed by atoms with Gasteiger partial charge < -0.3 is 19.3 Å². The van der Waals surface area contributed by atoms with Gasteiger partial charge in [-0.15, -0.1) is 0 Å². The Kier molecular flexibility index (Phi) is 7.21. The first-order valence-electron chi connectivity index (χ1n) is 12.4. The first-order valence-corrected chi connectivity index (χ1v) is 12.4.